The molecule has 0 aliphatic carbocycles. The van der Waals surface area contributed by atoms with E-state index < -0.39 is 38.5 Å². The first kappa shape index (κ1) is 10.2. The minimum atomic E-state index is -0.669. The van der Waals surface area contributed by atoms with Gasteiger partial charge in [-0.2, -0.15) is 0 Å². The summed E-state index contributed by atoms with van der Waals surface area (Å²) in [5.41, 5.74) is -1.63. The van der Waals surface area contributed by atoms with Gasteiger partial charge in [-0.05, 0) is 0 Å². The Kier molecular flexibility index (Phi) is 2.74. The van der Waals surface area contributed by atoms with Crippen LogP contribution in [0, 0.1) is 0 Å². The molecule has 1 aromatic rings. The van der Waals surface area contributed by atoms with Crippen LogP contribution in [0.4, 0.5) is 0 Å². The molecule has 1 rings (SSSR count). The fourth-order valence-electron chi connectivity index (χ4n) is 0.878. The summed E-state index contributed by atoms with van der Waals surface area (Å²) < 4.78 is 2.98. The van der Waals surface area contributed by atoms with Gasteiger partial charge in [0.05, 0.1) is 0 Å². The van der Waals surface area contributed by atoms with Crippen molar-refractivity contribution in [2.24, 2.45) is 14.1 Å². The minimum absolute atomic E-state index is 0.525. The van der Waals surface area contributed by atoms with E-state index in [-0.39, 0.29) is 0 Å². The molecule has 0 aliphatic rings. The standard InChI is InChI=1S/C6H9IN3O3/c1-7-10-5(12)8(2)4(11)9(3)6(10)13/h1-3H3/q-1. The van der Waals surface area contributed by atoms with Crippen LogP contribution < -0.4 is 38.5 Å². The Balaban J connectivity index is 3.89. The van der Waals surface area contributed by atoms with Crippen LogP contribution in [0.3, 0.4) is 0 Å². The van der Waals surface area contributed by atoms with Crippen molar-refractivity contribution in [1.29, 1.82) is 0 Å². The van der Waals surface area contributed by atoms with Gasteiger partial charge >= 0.3 is 83.9 Å². The first-order valence-corrected chi connectivity index (χ1v) is 6.52. The molecular formula is C6H9IN3O3-. The number of halogens is 1. The van der Waals surface area contributed by atoms with Crippen molar-refractivity contribution >= 4 is 0 Å². The topological polar surface area (TPSA) is 66.0 Å². The van der Waals surface area contributed by atoms with Gasteiger partial charge in [0.2, 0.25) is 0 Å². The number of alkyl halides is 1. The first-order chi connectivity index (χ1) is 6.00. The third kappa shape index (κ3) is 1.47. The zero-order chi connectivity index (χ0) is 10.2. The molecule has 0 aromatic carbocycles. The molecule has 0 aliphatic heterocycles. The molecule has 13 heavy (non-hydrogen) atoms. The summed E-state index contributed by atoms with van der Waals surface area (Å²) in [4.78, 5) is 35.7. The summed E-state index contributed by atoms with van der Waals surface area (Å²) >= 11 is -0.669. The molecule has 0 saturated heterocycles. The molecule has 6 nitrogen and oxygen atoms in total. The number of hydrogen-bond donors (Lipinski definition) is 0. The molecule has 1 aromatic heterocycles. The summed E-state index contributed by atoms with van der Waals surface area (Å²) in [5, 5.41) is 0. The van der Waals surface area contributed by atoms with Crippen LogP contribution in [0.15, 0.2) is 14.4 Å². The van der Waals surface area contributed by atoms with E-state index in [4.69, 9.17) is 0 Å². The van der Waals surface area contributed by atoms with E-state index in [0.29, 0.717) is 0 Å². The van der Waals surface area contributed by atoms with Gasteiger partial charge in [-0.1, -0.05) is 0 Å². The van der Waals surface area contributed by atoms with Crippen LogP contribution in [0.2, 0.25) is 0 Å². The van der Waals surface area contributed by atoms with E-state index in [9.17, 15) is 14.4 Å². The van der Waals surface area contributed by atoms with Crippen molar-refractivity contribution in [2.45, 2.75) is 0 Å². The summed E-state index contributed by atoms with van der Waals surface area (Å²) in [7, 11) is 2.72. The number of rotatable bonds is 1. The van der Waals surface area contributed by atoms with Gasteiger partial charge in [-0.3, -0.25) is 0 Å². The van der Waals surface area contributed by atoms with Crippen molar-refractivity contribution in [1.82, 2.24) is 11.9 Å². The Morgan fingerprint density at radius 1 is 0.923 bits per heavy atom. The predicted molar refractivity (Wildman–Crippen MR) is 42.5 cm³/mol. The van der Waals surface area contributed by atoms with E-state index in [0.717, 1.165) is 11.9 Å². The SMILES string of the molecule is C[I-]n1c(=O)n(C)c(=O)n(C)c1=O. The van der Waals surface area contributed by atoms with E-state index in [1.807, 2.05) is 0 Å². The maximum absolute atomic E-state index is 11.3. The van der Waals surface area contributed by atoms with Crippen LogP contribution in [0.5, 0.6) is 0 Å². The normalized spacial score (nSPS) is 10.7. The molecule has 0 N–H and O–H groups in total. The van der Waals surface area contributed by atoms with E-state index in [1.165, 1.54) is 14.1 Å². The molecule has 0 spiro atoms. The number of aromatic nitrogens is 3. The van der Waals surface area contributed by atoms with E-state index >= 15 is 0 Å². The second kappa shape index (κ2) is 3.48. The summed E-state index contributed by atoms with van der Waals surface area (Å²) in [6, 6.07) is 0. The second-order valence-corrected chi connectivity index (χ2v) is 4.35. The average molecular weight is 298 g/mol. The van der Waals surface area contributed by atoms with Crippen LogP contribution in [0.25, 0.3) is 0 Å². The van der Waals surface area contributed by atoms with Crippen LogP contribution in [-0.4, -0.2) is 16.8 Å². The molecule has 0 saturated carbocycles. The second-order valence-electron chi connectivity index (χ2n) is 2.42. The Morgan fingerprint density at radius 3 is 1.62 bits per heavy atom. The van der Waals surface area contributed by atoms with Gasteiger partial charge in [0, 0.05) is 0 Å². The Hall–Kier alpha value is -0.860. The maximum atomic E-state index is 11.3. The van der Waals surface area contributed by atoms with Crippen molar-refractivity contribution in [2.75, 3.05) is 4.93 Å². The quantitative estimate of drug-likeness (QED) is 0.384. The van der Waals surface area contributed by atoms with Crippen molar-refractivity contribution in [3.05, 3.63) is 31.5 Å². The predicted octanol–water partition coefficient (Wildman–Crippen LogP) is -5.27. The molecule has 0 bridgehead atoms. The van der Waals surface area contributed by atoms with E-state index in [2.05, 4.69) is 0 Å². The first-order valence-electron chi connectivity index (χ1n) is 3.40. The molecule has 0 unspecified atom stereocenters. The fourth-order valence-corrected chi connectivity index (χ4v) is 2.35. The van der Waals surface area contributed by atoms with Crippen molar-refractivity contribution in [3.63, 3.8) is 0 Å². The van der Waals surface area contributed by atoms with Gasteiger partial charge in [-0.25, -0.2) is 0 Å². The van der Waals surface area contributed by atoms with Crippen molar-refractivity contribution in [3.8, 4) is 0 Å². The number of nitrogens with zero attached hydrogens (tertiary/aromatic N) is 3. The van der Waals surface area contributed by atoms with Gasteiger partial charge in [-0.15, -0.1) is 0 Å². The molecule has 0 amide bonds. The van der Waals surface area contributed by atoms with Gasteiger partial charge in [0.15, 0.2) is 0 Å². The third-order valence-electron chi connectivity index (χ3n) is 1.65. The van der Waals surface area contributed by atoms with Crippen LogP contribution >= 0.6 is 0 Å². The zero-order valence-electron chi connectivity index (χ0n) is 7.44. The molecular weight excluding hydrogens is 289 g/mol. The molecule has 7 heteroatoms. The third-order valence-corrected chi connectivity index (χ3v) is 3.44. The van der Waals surface area contributed by atoms with Crippen LogP contribution in [-0.2, 0) is 14.1 Å². The zero-order valence-corrected chi connectivity index (χ0v) is 9.60. The summed E-state index contributed by atoms with van der Waals surface area (Å²) in [6.45, 7) is 0. The van der Waals surface area contributed by atoms with Crippen molar-refractivity contribution < 1.29 is 21.5 Å². The molecule has 0 fully saturated rings. The Morgan fingerprint density at radius 2 is 1.31 bits per heavy atom. The molecule has 0 radical (unpaired) electrons. The number of hydrogen-bond acceptors (Lipinski definition) is 3. The Bertz CT molecular complexity index is 455. The molecule has 1 heterocycles. The van der Waals surface area contributed by atoms with Gasteiger partial charge in [0.1, 0.15) is 0 Å². The van der Waals surface area contributed by atoms with Gasteiger partial charge in [0.25, 0.3) is 0 Å². The van der Waals surface area contributed by atoms with E-state index in [1.54, 1.807) is 4.93 Å². The molecule has 0 atom stereocenters. The van der Waals surface area contributed by atoms with Gasteiger partial charge < -0.3 is 0 Å². The monoisotopic (exact) mass is 298 g/mol. The molecule has 74 valence electrons. The summed E-state index contributed by atoms with van der Waals surface area (Å²) in [5.74, 6) is 0. The summed E-state index contributed by atoms with van der Waals surface area (Å²) in [6.07, 6.45) is 0. The fraction of sp³-hybridized carbons (Fsp3) is 0.500. The van der Waals surface area contributed by atoms with Crippen LogP contribution in [0.1, 0.15) is 0 Å². The Labute approximate surface area is 84.0 Å². The average Bonchev–Trinajstić information content (AvgIpc) is 2.13.